The van der Waals surface area contributed by atoms with E-state index in [1.807, 2.05) is 35.2 Å². The van der Waals surface area contributed by atoms with E-state index in [0.29, 0.717) is 25.6 Å². The number of likely N-dealkylation sites (tertiary alicyclic amines) is 1. The molecule has 1 fully saturated rings. The SMILES string of the molecule is COc1ccc(CCN/C=C(/C#N)C(=O)N2CCC(Cc3ccccc3)CC2)cc1. The first kappa shape index (κ1) is 21.4. The molecule has 0 aromatic heterocycles. The fourth-order valence-corrected chi connectivity index (χ4v) is 3.78. The topological polar surface area (TPSA) is 65.4 Å². The second kappa shape index (κ2) is 11.1. The van der Waals surface area contributed by atoms with Crippen molar-refractivity contribution in [2.75, 3.05) is 26.7 Å². The summed E-state index contributed by atoms with van der Waals surface area (Å²) in [6.07, 6.45) is 5.37. The summed E-state index contributed by atoms with van der Waals surface area (Å²) < 4.78 is 5.16. The number of nitriles is 1. The van der Waals surface area contributed by atoms with E-state index in [4.69, 9.17) is 4.74 Å². The predicted octanol–water partition coefficient (Wildman–Crippen LogP) is 3.72. The number of amides is 1. The normalized spacial score (nSPS) is 14.8. The number of piperidine rings is 1. The maximum absolute atomic E-state index is 12.7. The van der Waals surface area contributed by atoms with Gasteiger partial charge in [-0.3, -0.25) is 4.79 Å². The van der Waals surface area contributed by atoms with Crippen molar-refractivity contribution in [1.29, 1.82) is 5.26 Å². The average molecular weight is 404 g/mol. The van der Waals surface area contributed by atoms with Gasteiger partial charge in [0.15, 0.2) is 0 Å². The molecule has 2 aromatic carbocycles. The van der Waals surface area contributed by atoms with Crippen molar-refractivity contribution >= 4 is 5.91 Å². The zero-order chi connectivity index (χ0) is 21.2. The summed E-state index contributed by atoms with van der Waals surface area (Å²) >= 11 is 0. The van der Waals surface area contributed by atoms with Gasteiger partial charge < -0.3 is 15.0 Å². The molecular formula is C25H29N3O2. The Morgan fingerprint density at radius 3 is 2.47 bits per heavy atom. The largest absolute Gasteiger partial charge is 0.497 e. The number of carbonyl (C=O) groups excluding carboxylic acids is 1. The van der Waals surface area contributed by atoms with E-state index in [1.54, 1.807) is 13.3 Å². The van der Waals surface area contributed by atoms with Gasteiger partial charge in [-0.05, 0) is 54.9 Å². The average Bonchev–Trinajstić information content (AvgIpc) is 2.80. The van der Waals surface area contributed by atoms with Crippen LogP contribution in [0.1, 0.15) is 24.0 Å². The molecule has 1 aliphatic heterocycles. The Hall–Kier alpha value is -3.26. The third kappa shape index (κ3) is 6.12. The molecule has 0 spiro atoms. The highest BCUT2D eigenvalue weighted by molar-refractivity contribution is 5.97. The van der Waals surface area contributed by atoms with E-state index in [1.165, 1.54) is 11.1 Å². The van der Waals surface area contributed by atoms with E-state index in [2.05, 4.69) is 35.7 Å². The van der Waals surface area contributed by atoms with Crippen molar-refractivity contribution < 1.29 is 9.53 Å². The lowest BCUT2D eigenvalue weighted by atomic mass is 9.90. The van der Waals surface area contributed by atoms with Crippen LogP contribution in [0, 0.1) is 17.2 Å². The van der Waals surface area contributed by atoms with Crippen LogP contribution in [-0.4, -0.2) is 37.6 Å². The van der Waals surface area contributed by atoms with Crippen LogP contribution in [0.2, 0.25) is 0 Å². The summed E-state index contributed by atoms with van der Waals surface area (Å²) in [4.78, 5) is 14.5. The van der Waals surface area contributed by atoms with Gasteiger partial charge in [-0.2, -0.15) is 5.26 Å². The van der Waals surface area contributed by atoms with Gasteiger partial charge in [0.1, 0.15) is 17.4 Å². The molecule has 0 bridgehead atoms. The van der Waals surface area contributed by atoms with E-state index < -0.39 is 0 Å². The molecule has 2 aromatic rings. The molecule has 0 atom stereocenters. The molecule has 30 heavy (non-hydrogen) atoms. The minimum Gasteiger partial charge on any atom is -0.497 e. The van der Waals surface area contributed by atoms with Crippen molar-refractivity contribution in [2.24, 2.45) is 5.92 Å². The van der Waals surface area contributed by atoms with E-state index >= 15 is 0 Å². The van der Waals surface area contributed by atoms with Gasteiger partial charge in [0.05, 0.1) is 7.11 Å². The summed E-state index contributed by atoms with van der Waals surface area (Å²) in [6, 6.07) is 20.4. The Balaban J connectivity index is 1.44. The van der Waals surface area contributed by atoms with Crippen LogP contribution in [0.5, 0.6) is 5.75 Å². The van der Waals surface area contributed by atoms with Crippen LogP contribution in [-0.2, 0) is 17.6 Å². The lowest BCUT2D eigenvalue weighted by molar-refractivity contribution is -0.128. The van der Waals surface area contributed by atoms with Gasteiger partial charge in [0, 0.05) is 25.8 Å². The molecule has 0 aliphatic carbocycles. The summed E-state index contributed by atoms with van der Waals surface area (Å²) in [5, 5.41) is 12.5. The van der Waals surface area contributed by atoms with Gasteiger partial charge in [-0.15, -0.1) is 0 Å². The molecule has 156 valence electrons. The molecule has 1 N–H and O–H groups in total. The molecule has 3 rings (SSSR count). The molecule has 1 aliphatic rings. The van der Waals surface area contributed by atoms with Crippen molar-refractivity contribution in [1.82, 2.24) is 10.2 Å². The lowest BCUT2D eigenvalue weighted by Crippen LogP contribution is -2.39. The van der Waals surface area contributed by atoms with Gasteiger partial charge in [-0.1, -0.05) is 42.5 Å². The zero-order valence-corrected chi connectivity index (χ0v) is 17.5. The van der Waals surface area contributed by atoms with E-state index in [-0.39, 0.29) is 11.5 Å². The molecule has 5 nitrogen and oxygen atoms in total. The van der Waals surface area contributed by atoms with Crippen LogP contribution in [0.15, 0.2) is 66.4 Å². The number of ether oxygens (including phenoxy) is 1. The molecule has 1 saturated heterocycles. The highest BCUT2D eigenvalue weighted by Crippen LogP contribution is 2.22. The summed E-state index contributed by atoms with van der Waals surface area (Å²) in [5.74, 6) is 1.25. The Kier molecular flexibility index (Phi) is 7.91. The monoisotopic (exact) mass is 403 g/mol. The fourth-order valence-electron chi connectivity index (χ4n) is 3.78. The number of carbonyl (C=O) groups is 1. The van der Waals surface area contributed by atoms with Gasteiger partial charge in [-0.25, -0.2) is 0 Å². The Morgan fingerprint density at radius 1 is 1.13 bits per heavy atom. The highest BCUT2D eigenvalue weighted by atomic mass is 16.5. The highest BCUT2D eigenvalue weighted by Gasteiger charge is 2.25. The maximum atomic E-state index is 12.7. The van der Waals surface area contributed by atoms with Gasteiger partial charge >= 0.3 is 0 Å². The summed E-state index contributed by atoms with van der Waals surface area (Å²) in [5.41, 5.74) is 2.69. The van der Waals surface area contributed by atoms with Crippen LogP contribution in [0.4, 0.5) is 0 Å². The van der Waals surface area contributed by atoms with Crippen LogP contribution >= 0.6 is 0 Å². The quantitative estimate of drug-likeness (QED) is 0.415. The second-order valence-electron chi connectivity index (χ2n) is 7.65. The van der Waals surface area contributed by atoms with Crippen molar-refractivity contribution in [2.45, 2.75) is 25.7 Å². The van der Waals surface area contributed by atoms with E-state index in [9.17, 15) is 10.1 Å². The van der Waals surface area contributed by atoms with Gasteiger partial charge in [0.2, 0.25) is 0 Å². The second-order valence-corrected chi connectivity index (χ2v) is 7.65. The molecule has 0 saturated carbocycles. The third-order valence-electron chi connectivity index (χ3n) is 5.58. The summed E-state index contributed by atoms with van der Waals surface area (Å²) in [6.45, 7) is 2.08. The van der Waals surface area contributed by atoms with Crippen molar-refractivity contribution in [3.05, 3.63) is 77.5 Å². The van der Waals surface area contributed by atoms with Crippen molar-refractivity contribution in [3.63, 3.8) is 0 Å². The number of nitrogens with one attached hydrogen (secondary N) is 1. The van der Waals surface area contributed by atoms with E-state index in [0.717, 1.165) is 31.4 Å². The maximum Gasteiger partial charge on any atom is 0.265 e. The molecule has 0 radical (unpaired) electrons. The minimum atomic E-state index is -0.174. The zero-order valence-electron chi connectivity index (χ0n) is 17.5. The number of rotatable bonds is 8. The predicted molar refractivity (Wildman–Crippen MR) is 118 cm³/mol. The Labute approximate surface area is 179 Å². The van der Waals surface area contributed by atoms with Crippen LogP contribution in [0.3, 0.4) is 0 Å². The van der Waals surface area contributed by atoms with Crippen LogP contribution in [0.25, 0.3) is 0 Å². The Morgan fingerprint density at radius 2 is 1.83 bits per heavy atom. The smallest absolute Gasteiger partial charge is 0.265 e. The number of benzene rings is 2. The first-order chi connectivity index (χ1) is 14.7. The van der Waals surface area contributed by atoms with Crippen molar-refractivity contribution in [3.8, 4) is 11.8 Å². The molecular weight excluding hydrogens is 374 g/mol. The first-order valence-corrected chi connectivity index (χ1v) is 10.5. The lowest BCUT2D eigenvalue weighted by Gasteiger charge is -2.32. The molecule has 0 unspecified atom stereocenters. The van der Waals surface area contributed by atoms with Gasteiger partial charge in [0.25, 0.3) is 5.91 Å². The first-order valence-electron chi connectivity index (χ1n) is 10.5. The summed E-state index contributed by atoms with van der Waals surface area (Å²) in [7, 11) is 1.65. The number of hydrogen-bond donors (Lipinski definition) is 1. The third-order valence-corrected chi connectivity index (χ3v) is 5.58. The number of methoxy groups -OCH3 is 1. The molecule has 1 amide bonds. The minimum absolute atomic E-state index is 0.172. The molecule has 5 heteroatoms. The Bertz CT molecular complexity index is 877. The molecule has 1 heterocycles. The fraction of sp³-hybridized carbons (Fsp3) is 0.360. The standard InChI is InChI=1S/C25H29N3O2/c1-30-24-9-7-20(8-10-24)11-14-27-19-23(18-26)25(29)28-15-12-22(13-16-28)17-21-5-3-2-4-6-21/h2-10,19,22,27H,11-17H2,1H3/b23-19-. The van der Waals surface area contributed by atoms with Crippen LogP contribution < -0.4 is 10.1 Å². The number of hydrogen-bond acceptors (Lipinski definition) is 4. The number of nitrogens with zero attached hydrogens (tertiary/aromatic N) is 2.